The summed E-state index contributed by atoms with van der Waals surface area (Å²) in [7, 11) is 0. The molecule has 2 aromatic heterocycles. The quantitative estimate of drug-likeness (QED) is 0.746. The van der Waals surface area contributed by atoms with E-state index in [0.29, 0.717) is 0 Å². The summed E-state index contributed by atoms with van der Waals surface area (Å²) in [5, 5.41) is 13.5. The van der Waals surface area contributed by atoms with Gasteiger partial charge >= 0.3 is 5.97 Å². The first kappa shape index (κ1) is 14.3. The van der Waals surface area contributed by atoms with Gasteiger partial charge in [-0.2, -0.15) is 0 Å². The first-order valence-corrected chi connectivity index (χ1v) is 5.87. The van der Waals surface area contributed by atoms with Gasteiger partial charge in [0.05, 0.1) is 18.4 Å². The molecule has 2 amide bonds. The Morgan fingerprint density at radius 2 is 2.05 bits per heavy atom. The van der Waals surface area contributed by atoms with Gasteiger partial charge in [0.25, 0.3) is 5.91 Å². The lowest BCUT2D eigenvalue weighted by Crippen LogP contribution is -2.32. The summed E-state index contributed by atoms with van der Waals surface area (Å²) in [6, 6.07) is 5.70. The van der Waals surface area contributed by atoms with E-state index in [1.807, 2.05) is 0 Å². The minimum Gasteiger partial charge on any atom is -0.478 e. The van der Waals surface area contributed by atoms with Gasteiger partial charge in [0, 0.05) is 6.20 Å². The number of carbonyl (C=O) groups excluding carboxylic acids is 2. The molecule has 0 aliphatic carbocycles. The van der Waals surface area contributed by atoms with Crippen LogP contribution in [-0.2, 0) is 4.79 Å². The number of carbonyl (C=O) groups is 3. The van der Waals surface area contributed by atoms with E-state index < -0.39 is 17.8 Å². The fourth-order valence-corrected chi connectivity index (χ4v) is 1.44. The Hall–Kier alpha value is -3.16. The highest BCUT2D eigenvalue weighted by Gasteiger charge is 2.11. The van der Waals surface area contributed by atoms with Gasteiger partial charge in [-0.1, -0.05) is 0 Å². The standard InChI is InChI=1S/C13H11N3O5/c17-11(7-15-12(18)9-2-1-5-21-9)16-10-4-3-8(6-14-10)13(19)20/h1-6H,7H2,(H,15,18)(H,19,20)(H,14,16,17). The van der Waals surface area contributed by atoms with Crippen LogP contribution in [0.15, 0.2) is 41.1 Å². The van der Waals surface area contributed by atoms with Crippen LogP contribution in [-0.4, -0.2) is 34.4 Å². The Morgan fingerprint density at radius 3 is 2.62 bits per heavy atom. The molecule has 0 atom stereocenters. The highest BCUT2D eigenvalue weighted by Crippen LogP contribution is 2.05. The molecule has 0 aliphatic heterocycles. The summed E-state index contributed by atoms with van der Waals surface area (Å²) in [6.45, 7) is -0.262. The van der Waals surface area contributed by atoms with Gasteiger partial charge < -0.3 is 20.2 Å². The second-order valence-corrected chi connectivity index (χ2v) is 3.95. The van der Waals surface area contributed by atoms with E-state index in [1.165, 1.54) is 24.5 Å². The number of hydrogen-bond acceptors (Lipinski definition) is 5. The molecule has 0 aromatic carbocycles. The number of hydrogen-bond donors (Lipinski definition) is 3. The number of aromatic carboxylic acids is 1. The number of pyridine rings is 1. The van der Waals surface area contributed by atoms with Crippen LogP contribution in [0.2, 0.25) is 0 Å². The van der Waals surface area contributed by atoms with Gasteiger partial charge in [-0.15, -0.1) is 0 Å². The van der Waals surface area contributed by atoms with Gasteiger partial charge in [0.15, 0.2) is 5.76 Å². The molecule has 2 heterocycles. The Labute approximate surface area is 118 Å². The van der Waals surface area contributed by atoms with Crippen molar-refractivity contribution in [3.05, 3.63) is 48.0 Å². The Kier molecular flexibility index (Phi) is 4.30. The molecule has 0 aliphatic rings. The third-order valence-corrected chi connectivity index (χ3v) is 2.43. The predicted molar refractivity (Wildman–Crippen MR) is 70.9 cm³/mol. The van der Waals surface area contributed by atoms with Crippen LogP contribution in [0.25, 0.3) is 0 Å². The van der Waals surface area contributed by atoms with Gasteiger partial charge in [0.1, 0.15) is 5.82 Å². The first-order chi connectivity index (χ1) is 10.1. The number of aromatic nitrogens is 1. The zero-order chi connectivity index (χ0) is 15.2. The Bertz CT molecular complexity index is 649. The van der Waals surface area contributed by atoms with Crippen LogP contribution in [0.4, 0.5) is 5.82 Å². The smallest absolute Gasteiger partial charge is 0.337 e. The van der Waals surface area contributed by atoms with E-state index in [4.69, 9.17) is 9.52 Å². The Morgan fingerprint density at radius 1 is 1.24 bits per heavy atom. The van der Waals surface area contributed by atoms with Crippen molar-refractivity contribution in [3.8, 4) is 0 Å². The van der Waals surface area contributed by atoms with Crippen molar-refractivity contribution in [2.75, 3.05) is 11.9 Å². The lowest BCUT2D eigenvalue weighted by molar-refractivity contribution is -0.115. The number of carboxylic acid groups (broad SMARTS) is 1. The molecule has 0 spiro atoms. The highest BCUT2D eigenvalue weighted by atomic mass is 16.4. The number of amides is 2. The van der Waals surface area contributed by atoms with Crippen LogP contribution in [0, 0.1) is 0 Å². The molecule has 2 aromatic rings. The van der Waals surface area contributed by atoms with E-state index in [2.05, 4.69) is 15.6 Å². The van der Waals surface area contributed by atoms with Crippen LogP contribution < -0.4 is 10.6 Å². The van der Waals surface area contributed by atoms with Gasteiger partial charge in [0.2, 0.25) is 5.91 Å². The van der Waals surface area contributed by atoms with Crippen molar-refractivity contribution < 1.29 is 23.9 Å². The average Bonchev–Trinajstić information content (AvgIpc) is 2.99. The maximum Gasteiger partial charge on any atom is 0.337 e. The van der Waals surface area contributed by atoms with Gasteiger partial charge in [-0.25, -0.2) is 9.78 Å². The number of nitrogens with zero attached hydrogens (tertiary/aromatic N) is 1. The fraction of sp³-hybridized carbons (Fsp3) is 0.0769. The predicted octanol–water partition coefficient (Wildman–Crippen LogP) is 0.741. The van der Waals surface area contributed by atoms with Crippen LogP contribution >= 0.6 is 0 Å². The third kappa shape index (κ3) is 3.90. The maximum absolute atomic E-state index is 11.6. The van der Waals surface area contributed by atoms with Crippen LogP contribution in [0.1, 0.15) is 20.9 Å². The number of anilines is 1. The van der Waals surface area contributed by atoms with E-state index in [0.717, 1.165) is 6.20 Å². The SMILES string of the molecule is O=C(CNC(=O)c1ccco1)Nc1ccc(C(=O)O)cn1. The second-order valence-electron chi connectivity index (χ2n) is 3.95. The van der Waals surface area contributed by atoms with Crippen LogP contribution in [0.5, 0.6) is 0 Å². The number of rotatable bonds is 5. The van der Waals surface area contributed by atoms with Crippen LogP contribution in [0.3, 0.4) is 0 Å². The summed E-state index contributed by atoms with van der Waals surface area (Å²) in [6.07, 6.45) is 2.47. The minimum absolute atomic E-state index is 0.0131. The number of carboxylic acids is 1. The molecule has 8 nitrogen and oxygen atoms in total. The molecule has 0 radical (unpaired) electrons. The molecule has 0 fully saturated rings. The molecule has 21 heavy (non-hydrogen) atoms. The molecule has 108 valence electrons. The van der Waals surface area contributed by atoms with Crippen molar-refractivity contribution in [2.45, 2.75) is 0 Å². The first-order valence-electron chi connectivity index (χ1n) is 5.87. The molecule has 0 saturated carbocycles. The summed E-state index contributed by atoms with van der Waals surface area (Å²) < 4.78 is 4.87. The molecule has 0 bridgehead atoms. The van der Waals surface area contributed by atoms with Crippen molar-refractivity contribution in [3.63, 3.8) is 0 Å². The van der Waals surface area contributed by atoms with Gasteiger partial charge in [-0.05, 0) is 24.3 Å². The molecular weight excluding hydrogens is 278 g/mol. The van der Waals surface area contributed by atoms with E-state index in [-0.39, 0.29) is 23.7 Å². The van der Waals surface area contributed by atoms with E-state index >= 15 is 0 Å². The normalized spacial score (nSPS) is 9.90. The second kappa shape index (κ2) is 6.33. The molecule has 0 unspecified atom stereocenters. The van der Waals surface area contributed by atoms with E-state index in [9.17, 15) is 14.4 Å². The van der Waals surface area contributed by atoms with E-state index in [1.54, 1.807) is 6.07 Å². The zero-order valence-corrected chi connectivity index (χ0v) is 10.7. The topological polar surface area (TPSA) is 122 Å². The minimum atomic E-state index is -1.11. The lowest BCUT2D eigenvalue weighted by atomic mass is 10.3. The van der Waals surface area contributed by atoms with Crippen molar-refractivity contribution >= 4 is 23.6 Å². The summed E-state index contributed by atoms with van der Waals surface area (Å²) in [5.74, 6) is -1.81. The zero-order valence-electron chi connectivity index (χ0n) is 10.7. The lowest BCUT2D eigenvalue weighted by Gasteiger charge is -2.05. The average molecular weight is 289 g/mol. The molecule has 3 N–H and O–H groups in total. The summed E-state index contributed by atoms with van der Waals surface area (Å²) in [5.41, 5.74) is 0.0131. The van der Waals surface area contributed by atoms with Gasteiger partial charge in [-0.3, -0.25) is 9.59 Å². The monoisotopic (exact) mass is 289 g/mol. The Balaban J connectivity index is 1.84. The molecular formula is C13H11N3O5. The number of nitrogens with one attached hydrogen (secondary N) is 2. The summed E-state index contributed by atoms with van der Waals surface area (Å²) in [4.78, 5) is 37.5. The largest absolute Gasteiger partial charge is 0.478 e. The van der Waals surface area contributed by atoms with Crippen molar-refractivity contribution in [2.24, 2.45) is 0 Å². The summed E-state index contributed by atoms with van der Waals surface area (Å²) >= 11 is 0. The number of furan rings is 1. The maximum atomic E-state index is 11.6. The van der Waals surface area contributed by atoms with Crippen molar-refractivity contribution in [1.29, 1.82) is 0 Å². The molecule has 0 saturated heterocycles. The molecule has 2 rings (SSSR count). The van der Waals surface area contributed by atoms with Crippen molar-refractivity contribution in [1.82, 2.24) is 10.3 Å². The third-order valence-electron chi connectivity index (χ3n) is 2.43. The molecule has 8 heteroatoms. The fourth-order valence-electron chi connectivity index (χ4n) is 1.44. The highest BCUT2D eigenvalue weighted by molar-refractivity contribution is 5.97.